The van der Waals surface area contributed by atoms with Crippen molar-refractivity contribution < 1.29 is 23.2 Å². The van der Waals surface area contributed by atoms with E-state index in [1.54, 1.807) is 30.3 Å². The minimum Gasteiger partial charge on any atom is -0.357 e. The topological polar surface area (TPSA) is 79.8 Å². The van der Waals surface area contributed by atoms with E-state index in [1.807, 2.05) is 30.4 Å². The number of oxime groups is 1. The van der Waals surface area contributed by atoms with Crippen molar-refractivity contribution in [3.63, 3.8) is 0 Å². The van der Waals surface area contributed by atoms with E-state index in [0.717, 1.165) is 23.8 Å². The van der Waals surface area contributed by atoms with Gasteiger partial charge in [-0.1, -0.05) is 35.5 Å². The van der Waals surface area contributed by atoms with Gasteiger partial charge in [0.2, 0.25) is 0 Å². The van der Waals surface area contributed by atoms with E-state index in [-0.39, 0.29) is 0 Å². The van der Waals surface area contributed by atoms with Crippen LogP contribution in [0.3, 0.4) is 0 Å². The van der Waals surface area contributed by atoms with Crippen molar-refractivity contribution in [1.82, 2.24) is 5.32 Å². The molecule has 152 valence electrons. The van der Waals surface area contributed by atoms with Crippen molar-refractivity contribution in [3.8, 4) is 5.75 Å². The van der Waals surface area contributed by atoms with Crippen LogP contribution < -0.4 is 15.5 Å². The smallest absolute Gasteiger partial charge is 0.326 e. The Kier molecular flexibility index (Phi) is 6.49. The number of nitrogens with one attached hydrogen (secondary N) is 2. The van der Waals surface area contributed by atoms with E-state index in [4.69, 9.17) is 4.84 Å². The van der Waals surface area contributed by atoms with Crippen LogP contribution in [0.5, 0.6) is 5.75 Å². The maximum atomic E-state index is 13.6. The summed E-state index contributed by atoms with van der Waals surface area (Å²) in [5, 5.41) is 8.18. The second-order valence-electron chi connectivity index (χ2n) is 6.27. The molecule has 3 rings (SSSR count). The van der Waals surface area contributed by atoms with Crippen LogP contribution in [0.2, 0.25) is 0 Å². The van der Waals surface area contributed by atoms with E-state index in [1.165, 1.54) is 6.21 Å². The molecule has 0 aromatic heterocycles. The minimum absolute atomic E-state index is 0.367. The molecule has 0 aliphatic rings. The zero-order valence-electron chi connectivity index (χ0n) is 15.9. The lowest BCUT2D eigenvalue weighted by Crippen LogP contribution is -2.35. The molecule has 0 saturated heterocycles. The summed E-state index contributed by atoms with van der Waals surface area (Å²) in [6.45, 7) is 1.94. The highest BCUT2D eigenvalue weighted by molar-refractivity contribution is 6.08. The molecule has 2 N–H and O–H groups in total. The van der Waals surface area contributed by atoms with Crippen molar-refractivity contribution in [2.75, 3.05) is 5.32 Å². The van der Waals surface area contributed by atoms with E-state index in [2.05, 4.69) is 10.5 Å². The first-order valence-electron chi connectivity index (χ1n) is 8.86. The predicted molar refractivity (Wildman–Crippen MR) is 109 cm³/mol. The summed E-state index contributed by atoms with van der Waals surface area (Å²) in [7, 11) is 0. The fourth-order valence-corrected chi connectivity index (χ4v) is 2.52. The average molecular weight is 409 g/mol. The Morgan fingerprint density at radius 1 is 0.967 bits per heavy atom. The van der Waals surface area contributed by atoms with Gasteiger partial charge < -0.3 is 10.2 Å². The Bertz CT molecular complexity index is 1080. The Hall–Kier alpha value is -4.07. The van der Waals surface area contributed by atoms with Crippen molar-refractivity contribution in [2.45, 2.75) is 6.92 Å². The van der Waals surface area contributed by atoms with Crippen LogP contribution in [-0.2, 0) is 0 Å². The summed E-state index contributed by atoms with van der Waals surface area (Å²) in [5.74, 6) is -2.69. The second-order valence-corrected chi connectivity index (χ2v) is 6.27. The number of hydrogen-bond donors (Lipinski definition) is 2. The Balaban J connectivity index is 1.55. The lowest BCUT2D eigenvalue weighted by Gasteiger charge is -2.08. The van der Waals surface area contributed by atoms with Crippen LogP contribution in [0.1, 0.15) is 21.5 Å². The molecule has 0 aliphatic heterocycles. The highest BCUT2D eigenvalue weighted by atomic mass is 19.1. The third kappa shape index (κ3) is 5.48. The van der Waals surface area contributed by atoms with Gasteiger partial charge in [0.1, 0.15) is 17.2 Å². The molecule has 3 amide bonds. The molecule has 6 nitrogen and oxygen atoms in total. The van der Waals surface area contributed by atoms with Gasteiger partial charge in [0.25, 0.3) is 5.91 Å². The number of rotatable bonds is 5. The van der Waals surface area contributed by atoms with Crippen LogP contribution >= 0.6 is 0 Å². The molecule has 0 fully saturated rings. The number of urea groups is 1. The number of anilines is 1. The molecule has 30 heavy (non-hydrogen) atoms. The molecule has 0 aliphatic carbocycles. The number of halogens is 2. The lowest BCUT2D eigenvalue weighted by molar-refractivity contribution is 0.0959. The van der Waals surface area contributed by atoms with Gasteiger partial charge in [0.15, 0.2) is 5.75 Å². The maximum absolute atomic E-state index is 13.6. The first-order valence-corrected chi connectivity index (χ1v) is 8.86. The second kappa shape index (κ2) is 9.42. The summed E-state index contributed by atoms with van der Waals surface area (Å²) in [6.07, 6.45) is 1.50. The molecule has 3 aromatic carbocycles. The van der Waals surface area contributed by atoms with Crippen molar-refractivity contribution >= 4 is 23.8 Å². The van der Waals surface area contributed by atoms with Gasteiger partial charge in [0.05, 0.1) is 6.21 Å². The first-order chi connectivity index (χ1) is 14.4. The number of amides is 3. The number of nitrogens with zero attached hydrogens (tertiary/aromatic N) is 1. The molecule has 0 unspecified atom stereocenters. The third-order valence-corrected chi connectivity index (χ3v) is 3.93. The van der Waals surface area contributed by atoms with Crippen molar-refractivity contribution in [1.29, 1.82) is 0 Å². The van der Waals surface area contributed by atoms with Crippen LogP contribution in [0.4, 0.5) is 19.3 Å². The van der Waals surface area contributed by atoms with Gasteiger partial charge >= 0.3 is 6.03 Å². The van der Waals surface area contributed by atoms with E-state index in [0.29, 0.717) is 17.0 Å². The van der Waals surface area contributed by atoms with Crippen LogP contribution in [0.25, 0.3) is 0 Å². The summed E-state index contributed by atoms with van der Waals surface area (Å²) in [5.41, 5.74) is 1.30. The molecule has 0 bridgehead atoms. The molecule has 0 saturated carbocycles. The SMILES string of the molecule is Cc1cccc(O/N=C/c2ccc(NC(=O)NC(=O)c3c(F)cccc3F)cc2)c1. The fourth-order valence-electron chi connectivity index (χ4n) is 2.52. The number of carbonyl (C=O) groups is 2. The fraction of sp³-hybridized carbons (Fsp3) is 0.0455. The van der Waals surface area contributed by atoms with E-state index >= 15 is 0 Å². The molecule has 0 spiro atoms. The Morgan fingerprint density at radius 3 is 2.30 bits per heavy atom. The summed E-state index contributed by atoms with van der Waals surface area (Å²) >= 11 is 0. The van der Waals surface area contributed by atoms with Crippen molar-refractivity contribution in [3.05, 3.63) is 95.1 Å². The molecular formula is C22H17F2N3O3. The molecular weight excluding hydrogens is 392 g/mol. The first kappa shape index (κ1) is 20.7. The lowest BCUT2D eigenvalue weighted by atomic mass is 10.2. The number of hydrogen-bond acceptors (Lipinski definition) is 4. The quantitative estimate of drug-likeness (QED) is 0.476. The van der Waals surface area contributed by atoms with Crippen LogP contribution in [0.15, 0.2) is 71.9 Å². The Labute approximate surface area is 171 Å². The number of aryl methyl sites for hydroxylation is 1. The summed E-state index contributed by atoms with van der Waals surface area (Å²) in [4.78, 5) is 29.1. The normalized spacial score (nSPS) is 10.6. The zero-order valence-corrected chi connectivity index (χ0v) is 15.9. The van der Waals surface area contributed by atoms with Gasteiger partial charge in [-0.3, -0.25) is 10.1 Å². The summed E-state index contributed by atoms with van der Waals surface area (Å²) < 4.78 is 27.2. The van der Waals surface area contributed by atoms with Crippen molar-refractivity contribution in [2.24, 2.45) is 5.16 Å². The van der Waals surface area contributed by atoms with Crippen LogP contribution in [0, 0.1) is 18.6 Å². The predicted octanol–water partition coefficient (Wildman–Crippen LogP) is 4.65. The number of imide groups is 1. The molecule has 0 heterocycles. The number of carbonyl (C=O) groups excluding carboxylic acids is 2. The van der Waals surface area contributed by atoms with E-state index in [9.17, 15) is 18.4 Å². The van der Waals surface area contributed by atoms with Gasteiger partial charge in [-0.2, -0.15) is 0 Å². The van der Waals surface area contributed by atoms with Gasteiger partial charge in [0, 0.05) is 5.69 Å². The maximum Gasteiger partial charge on any atom is 0.326 e. The average Bonchev–Trinajstić information content (AvgIpc) is 2.69. The standard InChI is InChI=1S/C22H17F2N3O3/c1-14-4-2-5-17(12-14)30-25-13-15-8-10-16(11-9-15)26-22(29)27-21(28)20-18(23)6-3-7-19(20)24/h2-13H,1H3,(H2,26,27,28,29)/b25-13+. The monoisotopic (exact) mass is 409 g/mol. The van der Waals surface area contributed by atoms with Gasteiger partial charge in [-0.25, -0.2) is 13.6 Å². The van der Waals surface area contributed by atoms with Crippen LogP contribution in [-0.4, -0.2) is 18.2 Å². The minimum atomic E-state index is -1.18. The molecule has 3 aromatic rings. The highest BCUT2D eigenvalue weighted by Crippen LogP contribution is 2.14. The van der Waals surface area contributed by atoms with Gasteiger partial charge in [-0.15, -0.1) is 0 Å². The zero-order chi connectivity index (χ0) is 21.5. The van der Waals surface area contributed by atoms with E-state index < -0.39 is 29.1 Å². The molecule has 0 radical (unpaired) electrons. The highest BCUT2D eigenvalue weighted by Gasteiger charge is 2.19. The Morgan fingerprint density at radius 2 is 1.63 bits per heavy atom. The number of benzene rings is 3. The third-order valence-electron chi connectivity index (χ3n) is 3.93. The summed E-state index contributed by atoms with van der Waals surface area (Å²) in [6, 6.07) is 16.0. The molecule has 8 heteroatoms. The largest absolute Gasteiger partial charge is 0.357 e. The van der Waals surface area contributed by atoms with Gasteiger partial charge in [-0.05, 0) is 54.4 Å². The molecule has 0 atom stereocenters.